The van der Waals surface area contributed by atoms with Crippen LogP contribution in [0, 0.1) is 23.2 Å². The van der Waals surface area contributed by atoms with E-state index in [1.165, 1.54) is 18.2 Å². The summed E-state index contributed by atoms with van der Waals surface area (Å²) in [7, 11) is 3.16. The molecule has 2 fully saturated rings. The lowest BCUT2D eigenvalue weighted by molar-refractivity contribution is -0.141. The van der Waals surface area contributed by atoms with Crippen molar-refractivity contribution in [3.05, 3.63) is 29.3 Å². The van der Waals surface area contributed by atoms with Gasteiger partial charge in [-0.15, -0.1) is 0 Å². The van der Waals surface area contributed by atoms with Gasteiger partial charge in [-0.2, -0.15) is 0 Å². The van der Waals surface area contributed by atoms with Crippen LogP contribution in [0.4, 0.5) is 0 Å². The highest BCUT2D eigenvalue weighted by Crippen LogP contribution is 2.62. The average molecular weight is 370 g/mol. The maximum atomic E-state index is 12.9. The zero-order chi connectivity index (χ0) is 19.2. The Morgan fingerprint density at radius 3 is 2.81 bits per heavy atom. The van der Waals surface area contributed by atoms with Crippen LogP contribution in [0.15, 0.2) is 18.2 Å². The topological polar surface area (TPSA) is 52.6 Å². The number of Topliss-reactive ketones (excluding diaryl/α,β-unsaturated/α-hetero) is 1. The van der Waals surface area contributed by atoms with Crippen LogP contribution in [0.2, 0.25) is 0 Å². The first-order valence-electron chi connectivity index (χ1n) is 10.2. The summed E-state index contributed by atoms with van der Waals surface area (Å²) in [5.74, 6) is 2.96. The number of hydrogen-bond donors (Lipinski definition) is 0. The van der Waals surface area contributed by atoms with Crippen molar-refractivity contribution in [2.24, 2.45) is 23.2 Å². The largest absolute Gasteiger partial charge is 0.497 e. The number of ether oxygens (including phenoxy) is 2. The van der Waals surface area contributed by atoms with E-state index in [1.807, 2.05) is 0 Å². The van der Waals surface area contributed by atoms with Gasteiger partial charge in [0.25, 0.3) is 0 Å². The molecule has 0 saturated heterocycles. The van der Waals surface area contributed by atoms with Crippen LogP contribution in [0.5, 0.6) is 5.75 Å². The molecule has 1 aromatic carbocycles. The molecule has 5 atom stereocenters. The number of benzene rings is 1. The molecule has 0 spiro atoms. The monoisotopic (exact) mass is 370 g/mol. The van der Waals surface area contributed by atoms with Crippen LogP contribution in [0.1, 0.15) is 62.5 Å². The summed E-state index contributed by atoms with van der Waals surface area (Å²) >= 11 is 0. The third-order valence-corrected chi connectivity index (χ3v) is 7.72. The Hall–Kier alpha value is -1.84. The van der Waals surface area contributed by atoms with Gasteiger partial charge >= 0.3 is 5.97 Å². The highest BCUT2D eigenvalue weighted by atomic mass is 16.5. The quantitative estimate of drug-likeness (QED) is 0.742. The number of carbonyl (C=O) groups is 2. The van der Waals surface area contributed by atoms with Crippen molar-refractivity contribution in [3.63, 3.8) is 0 Å². The summed E-state index contributed by atoms with van der Waals surface area (Å²) in [6.45, 7) is 2.19. The second-order valence-corrected chi connectivity index (χ2v) is 8.86. The standard InChI is InChI=1S/C23H30O4/c1-23-11-10-18-17-8-6-16(26-2)12-14(17)4-7-19(18)22(23)15(13-20(23)24)5-9-21(25)27-3/h6,8,12,15,18-19,22H,4-5,7,9-11,13H2,1-3H3. The Balaban J connectivity index is 1.62. The first kappa shape index (κ1) is 18.5. The zero-order valence-electron chi connectivity index (χ0n) is 16.6. The van der Waals surface area contributed by atoms with Crippen molar-refractivity contribution < 1.29 is 19.1 Å². The van der Waals surface area contributed by atoms with Gasteiger partial charge in [0, 0.05) is 18.3 Å². The normalized spacial score (nSPS) is 34.4. The maximum Gasteiger partial charge on any atom is 0.305 e. The van der Waals surface area contributed by atoms with E-state index in [0.29, 0.717) is 42.3 Å². The molecule has 0 N–H and O–H groups in total. The molecule has 4 nitrogen and oxygen atoms in total. The highest BCUT2D eigenvalue weighted by Gasteiger charge is 2.58. The second-order valence-electron chi connectivity index (χ2n) is 8.86. The molecule has 0 amide bonds. The van der Waals surface area contributed by atoms with Crippen LogP contribution in [0.25, 0.3) is 0 Å². The Kier molecular flexibility index (Phi) is 4.77. The van der Waals surface area contributed by atoms with Gasteiger partial charge in [0.2, 0.25) is 0 Å². The van der Waals surface area contributed by atoms with Gasteiger partial charge in [-0.3, -0.25) is 9.59 Å². The van der Waals surface area contributed by atoms with E-state index in [0.717, 1.165) is 37.9 Å². The minimum Gasteiger partial charge on any atom is -0.497 e. The fraction of sp³-hybridized carbons (Fsp3) is 0.652. The molecule has 4 rings (SSSR count). The van der Waals surface area contributed by atoms with Crippen molar-refractivity contribution in [2.75, 3.05) is 14.2 Å². The van der Waals surface area contributed by atoms with Crippen LogP contribution in [-0.4, -0.2) is 26.0 Å². The van der Waals surface area contributed by atoms with Crippen LogP contribution in [-0.2, 0) is 20.7 Å². The zero-order valence-corrected chi connectivity index (χ0v) is 16.6. The molecule has 146 valence electrons. The van der Waals surface area contributed by atoms with Crippen molar-refractivity contribution in [2.45, 2.75) is 57.8 Å². The van der Waals surface area contributed by atoms with Crippen molar-refractivity contribution in [1.29, 1.82) is 0 Å². The number of esters is 1. The van der Waals surface area contributed by atoms with Crippen molar-refractivity contribution >= 4 is 11.8 Å². The molecular formula is C23H30O4. The van der Waals surface area contributed by atoms with Crippen LogP contribution in [0.3, 0.4) is 0 Å². The third-order valence-electron chi connectivity index (χ3n) is 7.72. The van der Waals surface area contributed by atoms with Gasteiger partial charge in [-0.25, -0.2) is 0 Å². The summed E-state index contributed by atoms with van der Waals surface area (Å²) in [5.41, 5.74) is 2.67. The molecule has 0 aliphatic heterocycles. The first-order valence-corrected chi connectivity index (χ1v) is 10.2. The third kappa shape index (κ3) is 2.97. The molecule has 27 heavy (non-hydrogen) atoms. The number of aryl methyl sites for hydroxylation is 1. The number of hydrogen-bond acceptors (Lipinski definition) is 4. The Bertz CT molecular complexity index is 755. The Morgan fingerprint density at radius 2 is 2.07 bits per heavy atom. The molecular weight excluding hydrogens is 340 g/mol. The minimum absolute atomic E-state index is 0.163. The molecule has 3 aliphatic rings. The molecule has 3 aliphatic carbocycles. The fourth-order valence-corrected chi connectivity index (χ4v) is 6.42. The van der Waals surface area contributed by atoms with E-state index < -0.39 is 0 Å². The van der Waals surface area contributed by atoms with Gasteiger partial charge < -0.3 is 9.47 Å². The fourth-order valence-electron chi connectivity index (χ4n) is 6.42. The second kappa shape index (κ2) is 6.96. The molecule has 2 saturated carbocycles. The first-order chi connectivity index (χ1) is 13.0. The molecule has 4 heteroatoms. The van der Waals surface area contributed by atoms with E-state index in [9.17, 15) is 9.59 Å². The summed E-state index contributed by atoms with van der Waals surface area (Å²) in [4.78, 5) is 24.6. The van der Waals surface area contributed by atoms with E-state index in [1.54, 1.807) is 7.11 Å². The van der Waals surface area contributed by atoms with E-state index in [-0.39, 0.29) is 11.4 Å². The van der Waals surface area contributed by atoms with Gasteiger partial charge in [-0.1, -0.05) is 13.0 Å². The number of rotatable bonds is 4. The van der Waals surface area contributed by atoms with E-state index in [2.05, 4.69) is 25.1 Å². The Labute approximate surface area is 161 Å². The van der Waals surface area contributed by atoms with Gasteiger partial charge in [0.15, 0.2) is 0 Å². The number of methoxy groups -OCH3 is 2. The molecule has 0 heterocycles. The smallest absolute Gasteiger partial charge is 0.305 e. The Morgan fingerprint density at radius 1 is 1.26 bits per heavy atom. The summed E-state index contributed by atoms with van der Waals surface area (Å²) in [5, 5.41) is 0. The molecule has 5 unspecified atom stereocenters. The van der Waals surface area contributed by atoms with E-state index in [4.69, 9.17) is 9.47 Å². The van der Waals surface area contributed by atoms with Crippen molar-refractivity contribution in [1.82, 2.24) is 0 Å². The molecule has 1 aromatic rings. The number of ketones is 1. The van der Waals surface area contributed by atoms with Crippen molar-refractivity contribution in [3.8, 4) is 5.75 Å². The molecule has 0 bridgehead atoms. The predicted octanol–water partition coefficient (Wildman–Crippen LogP) is 4.30. The minimum atomic E-state index is -0.202. The number of carbonyl (C=O) groups excluding carboxylic acids is 2. The number of fused-ring (bicyclic) bond motifs is 5. The van der Waals surface area contributed by atoms with Gasteiger partial charge in [0.05, 0.1) is 14.2 Å². The molecule has 0 radical (unpaired) electrons. The summed E-state index contributed by atoms with van der Waals surface area (Å²) in [6, 6.07) is 6.51. The van der Waals surface area contributed by atoms with Gasteiger partial charge in [0.1, 0.15) is 11.5 Å². The van der Waals surface area contributed by atoms with E-state index >= 15 is 0 Å². The lowest BCUT2D eigenvalue weighted by Crippen LogP contribution is -2.44. The summed E-state index contributed by atoms with van der Waals surface area (Å²) in [6.07, 6.45) is 6.08. The van der Waals surface area contributed by atoms with Crippen LogP contribution < -0.4 is 4.74 Å². The predicted molar refractivity (Wildman–Crippen MR) is 103 cm³/mol. The van der Waals surface area contributed by atoms with Crippen LogP contribution >= 0.6 is 0 Å². The maximum absolute atomic E-state index is 12.9. The lowest BCUT2D eigenvalue weighted by atomic mass is 9.54. The SMILES string of the molecule is COC(=O)CCC1CC(=O)C2(C)CCC3c4ccc(OC)cc4CCC3C12. The summed E-state index contributed by atoms with van der Waals surface area (Å²) < 4.78 is 10.2. The highest BCUT2D eigenvalue weighted by molar-refractivity contribution is 5.87. The molecule has 0 aromatic heterocycles. The lowest BCUT2D eigenvalue weighted by Gasteiger charge is -2.50. The average Bonchev–Trinajstić information content (AvgIpc) is 2.95. The van der Waals surface area contributed by atoms with Gasteiger partial charge in [-0.05, 0) is 79.0 Å².